The van der Waals surface area contributed by atoms with Gasteiger partial charge in [-0.15, -0.1) is 0 Å². The SMILES string of the molecule is COc1ccc([C@@H]2CN(C)C3(C(=O)c4ccccc4C3=O)[C@]23CCCC3=O)cc1. The van der Waals surface area contributed by atoms with E-state index in [0.29, 0.717) is 36.9 Å². The number of hydrogen-bond donors (Lipinski definition) is 0. The maximum absolute atomic E-state index is 13.8. The third-order valence-electron chi connectivity index (χ3n) is 7.33. The summed E-state index contributed by atoms with van der Waals surface area (Å²) in [4.78, 5) is 42.9. The fourth-order valence-electron chi connectivity index (χ4n) is 6.15. The number of benzene rings is 2. The first-order valence-corrected chi connectivity index (χ1v) is 10.1. The van der Waals surface area contributed by atoms with Crippen LogP contribution >= 0.6 is 0 Å². The number of ether oxygens (including phenoxy) is 1. The van der Waals surface area contributed by atoms with Crippen LogP contribution in [0.2, 0.25) is 0 Å². The molecule has 0 N–H and O–H groups in total. The minimum atomic E-state index is -1.44. The number of likely N-dealkylation sites (tertiary alicyclic amines) is 1. The topological polar surface area (TPSA) is 63.7 Å². The maximum Gasteiger partial charge on any atom is 0.192 e. The highest BCUT2D eigenvalue weighted by atomic mass is 16.5. The molecule has 3 aliphatic rings. The van der Waals surface area contributed by atoms with Gasteiger partial charge in [0.15, 0.2) is 17.1 Å². The third kappa shape index (κ3) is 2.01. The Balaban J connectivity index is 1.74. The molecule has 2 atom stereocenters. The quantitative estimate of drug-likeness (QED) is 0.738. The number of Topliss-reactive ketones (excluding diaryl/α,β-unsaturated/α-hetero) is 3. The lowest BCUT2D eigenvalue weighted by molar-refractivity contribution is -0.128. The van der Waals surface area contributed by atoms with Crippen LogP contribution < -0.4 is 4.74 Å². The van der Waals surface area contributed by atoms with Gasteiger partial charge in [-0.05, 0) is 37.6 Å². The van der Waals surface area contributed by atoms with Gasteiger partial charge >= 0.3 is 0 Å². The van der Waals surface area contributed by atoms with Gasteiger partial charge in [-0.3, -0.25) is 19.3 Å². The molecule has 0 radical (unpaired) electrons. The van der Waals surface area contributed by atoms with Crippen molar-refractivity contribution in [3.8, 4) is 5.75 Å². The second-order valence-corrected chi connectivity index (χ2v) is 8.37. The van der Waals surface area contributed by atoms with E-state index in [2.05, 4.69) is 0 Å². The van der Waals surface area contributed by atoms with Crippen molar-refractivity contribution in [2.45, 2.75) is 30.7 Å². The highest BCUT2D eigenvalue weighted by molar-refractivity contribution is 6.35. The zero-order valence-electron chi connectivity index (χ0n) is 16.6. The van der Waals surface area contributed by atoms with Crippen molar-refractivity contribution < 1.29 is 19.1 Å². The van der Waals surface area contributed by atoms with Gasteiger partial charge in [0.1, 0.15) is 11.5 Å². The van der Waals surface area contributed by atoms with Gasteiger partial charge in [-0.2, -0.15) is 0 Å². The Morgan fingerprint density at radius 2 is 1.59 bits per heavy atom. The molecule has 29 heavy (non-hydrogen) atoms. The number of rotatable bonds is 2. The number of carbonyl (C=O) groups is 3. The highest BCUT2D eigenvalue weighted by Crippen LogP contribution is 2.63. The standard InChI is InChI=1S/C24H23NO4/c1-25-14-19(15-9-11-16(29-2)12-10-15)23(13-5-8-20(23)26)24(25)21(27)17-6-3-4-7-18(17)22(24)28/h3-4,6-7,9-12,19H,5,8,13-14H2,1-2H3/t19-,23+/m0/s1. The highest BCUT2D eigenvalue weighted by Gasteiger charge is 2.76. The molecular formula is C24H23NO4. The summed E-state index contributed by atoms with van der Waals surface area (Å²) in [6.45, 7) is 0.490. The summed E-state index contributed by atoms with van der Waals surface area (Å²) in [6, 6.07) is 14.7. The molecule has 1 saturated heterocycles. The summed E-state index contributed by atoms with van der Waals surface area (Å²) in [7, 11) is 3.43. The first-order chi connectivity index (χ1) is 14.0. The molecule has 5 rings (SSSR count). The van der Waals surface area contributed by atoms with Crippen LogP contribution in [0.3, 0.4) is 0 Å². The third-order valence-corrected chi connectivity index (χ3v) is 7.33. The lowest BCUT2D eigenvalue weighted by Gasteiger charge is -2.42. The van der Waals surface area contributed by atoms with Crippen LogP contribution in [0.5, 0.6) is 5.75 Å². The van der Waals surface area contributed by atoms with Crippen LogP contribution in [0.15, 0.2) is 48.5 Å². The summed E-state index contributed by atoms with van der Waals surface area (Å²) in [5.41, 5.74) is -0.600. The van der Waals surface area contributed by atoms with Crippen LogP contribution in [0.4, 0.5) is 0 Å². The minimum absolute atomic E-state index is 0.0391. The van der Waals surface area contributed by atoms with Crippen LogP contribution in [-0.2, 0) is 4.79 Å². The lowest BCUT2D eigenvalue weighted by Crippen LogP contribution is -2.62. The van der Waals surface area contributed by atoms with Crippen molar-refractivity contribution >= 4 is 17.3 Å². The van der Waals surface area contributed by atoms with Crippen molar-refractivity contribution in [2.24, 2.45) is 5.41 Å². The number of likely N-dealkylation sites (N-methyl/N-ethyl adjacent to an activating group) is 1. The Morgan fingerprint density at radius 3 is 2.10 bits per heavy atom. The van der Waals surface area contributed by atoms with E-state index in [1.54, 1.807) is 31.4 Å². The van der Waals surface area contributed by atoms with E-state index in [1.165, 1.54) is 0 Å². The van der Waals surface area contributed by atoms with Gasteiger partial charge in [0.2, 0.25) is 0 Å². The van der Waals surface area contributed by atoms with E-state index >= 15 is 0 Å². The molecule has 1 saturated carbocycles. The Labute approximate surface area is 169 Å². The summed E-state index contributed by atoms with van der Waals surface area (Å²) in [6.07, 6.45) is 1.68. The normalized spacial score (nSPS) is 27.9. The number of fused-ring (bicyclic) bond motifs is 2. The van der Waals surface area contributed by atoms with Crippen LogP contribution in [-0.4, -0.2) is 48.5 Å². The molecule has 0 unspecified atom stereocenters. The number of hydrogen-bond acceptors (Lipinski definition) is 5. The maximum atomic E-state index is 13.8. The summed E-state index contributed by atoms with van der Waals surface area (Å²) in [5.74, 6) is 0.133. The number of methoxy groups -OCH3 is 1. The van der Waals surface area contributed by atoms with Gasteiger partial charge in [0.05, 0.1) is 12.5 Å². The van der Waals surface area contributed by atoms with Gasteiger partial charge < -0.3 is 4.74 Å². The van der Waals surface area contributed by atoms with E-state index in [1.807, 2.05) is 36.2 Å². The predicted molar refractivity (Wildman–Crippen MR) is 107 cm³/mol. The Bertz CT molecular complexity index is 1010. The lowest BCUT2D eigenvalue weighted by atomic mass is 9.59. The number of ketones is 3. The fourth-order valence-corrected chi connectivity index (χ4v) is 6.15. The van der Waals surface area contributed by atoms with Crippen molar-refractivity contribution in [3.05, 3.63) is 65.2 Å². The second kappa shape index (κ2) is 6.10. The molecule has 0 bridgehead atoms. The van der Waals surface area contributed by atoms with Crippen molar-refractivity contribution in [2.75, 3.05) is 20.7 Å². The summed E-state index contributed by atoms with van der Waals surface area (Å²) >= 11 is 0. The van der Waals surface area contributed by atoms with Crippen molar-refractivity contribution in [3.63, 3.8) is 0 Å². The molecule has 5 nitrogen and oxygen atoms in total. The Hall–Kier alpha value is -2.79. The Kier molecular flexibility index (Phi) is 3.84. The van der Waals surface area contributed by atoms with E-state index in [0.717, 1.165) is 11.3 Å². The molecule has 2 aromatic carbocycles. The van der Waals surface area contributed by atoms with Crippen molar-refractivity contribution in [1.29, 1.82) is 0 Å². The van der Waals surface area contributed by atoms with E-state index in [4.69, 9.17) is 4.74 Å². The smallest absolute Gasteiger partial charge is 0.192 e. The summed E-state index contributed by atoms with van der Waals surface area (Å²) in [5, 5.41) is 0. The van der Waals surface area contributed by atoms with Crippen LogP contribution in [0, 0.1) is 5.41 Å². The molecule has 5 heteroatoms. The molecule has 1 aliphatic heterocycles. The van der Waals surface area contributed by atoms with Crippen LogP contribution in [0.1, 0.15) is 51.5 Å². The van der Waals surface area contributed by atoms with E-state index < -0.39 is 11.0 Å². The molecular weight excluding hydrogens is 366 g/mol. The first-order valence-electron chi connectivity index (χ1n) is 10.1. The zero-order chi connectivity index (χ0) is 20.4. The number of carbonyl (C=O) groups excluding carboxylic acids is 3. The average Bonchev–Trinajstić information content (AvgIpc) is 3.33. The van der Waals surface area contributed by atoms with Gasteiger partial charge in [-0.1, -0.05) is 36.4 Å². The monoisotopic (exact) mass is 389 g/mol. The molecule has 148 valence electrons. The van der Waals surface area contributed by atoms with E-state index in [-0.39, 0.29) is 23.3 Å². The van der Waals surface area contributed by atoms with Gasteiger partial charge in [0.25, 0.3) is 0 Å². The minimum Gasteiger partial charge on any atom is -0.497 e. The fraction of sp³-hybridized carbons (Fsp3) is 0.375. The van der Waals surface area contributed by atoms with Gasteiger partial charge in [0, 0.05) is 30.0 Å². The Morgan fingerprint density at radius 1 is 0.966 bits per heavy atom. The molecule has 0 aromatic heterocycles. The largest absolute Gasteiger partial charge is 0.497 e. The zero-order valence-corrected chi connectivity index (χ0v) is 16.6. The first kappa shape index (κ1) is 18.3. The van der Waals surface area contributed by atoms with Gasteiger partial charge in [-0.25, -0.2) is 0 Å². The molecule has 1 heterocycles. The molecule has 0 amide bonds. The number of nitrogens with zero attached hydrogens (tertiary/aromatic N) is 1. The molecule has 2 aromatic rings. The molecule has 2 fully saturated rings. The predicted octanol–water partition coefficient (Wildman–Crippen LogP) is 3.28. The summed E-state index contributed by atoms with van der Waals surface area (Å²) < 4.78 is 5.28. The second-order valence-electron chi connectivity index (χ2n) is 8.37. The molecule has 2 spiro atoms. The van der Waals surface area contributed by atoms with Crippen LogP contribution in [0.25, 0.3) is 0 Å². The van der Waals surface area contributed by atoms with Crippen molar-refractivity contribution in [1.82, 2.24) is 4.90 Å². The molecule has 2 aliphatic carbocycles. The average molecular weight is 389 g/mol. The van der Waals surface area contributed by atoms with E-state index in [9.17, 15) is 14.4 Å².